The lowest BCUT2D eigenvalue weighted by Crippen LogP contribution is -2.09. The van der Waals surface area contributed by atoms with E-state index in [1.165, 1.54) is 16.7 Å². The predicted octanol–water partition coefficient (Wildman–Crippen LogP) is 5.16. The minimum atomic E-state index is 0.333. The Morgan fingerprint density at radius 1 is 0.900 bits per heavy atom. The molecule has 0 saturated carbocycles. The van der Waals surface area contributed by atoms with Crippen LogP contribution in [0.4, 0.5) is 0 Å². The third kappa shape index (κ3) is 4.73. The molecule has 0 aliphatic rings. The number of ether oxygens (including phenoxy) is 1. The number of rotatable bonds is 4. The quantitative estimate of drug-likeness (QED) is 0.744. The molecular weight excluding hydrogens is 244 g/mol. The standard InChI is InChI=1S/C19H24O/c1-15-6-5-7-18(12-15)20-14-17-10-8-16(9-11-17)13-19(2,3)4/h5-12H,13-14H2,1-4H3. The molecule has 0 aliphatic carbocycles. The zero-order chi connectivity index (χ0) is 14.6. The average Bonchev–Trinajstić information content (AvgIpc) is 2.36. The summed E-state index contributed by atoms with van der Waals surface area (Å²) in [6.07, 6.45) is 1.10. The van der Waals surface area contributed by atoms with Crippen LogP contribution in [0.2, 0.25) is 0 Å². The van der Waals surface area contributed by atoms with Crippen LogP contribution >= 0.6 is 0 Å². The summed E-state index contributed by atoms with van der Waals surface area (Å²) in [6, 6.07) is 16.9. The summed E-state index contributed by atoms with van der Waals surface area (Å²) in [5, 5.41) is 0. The van der Waals surface area contributed by atoms with E-state index >= 15 is 0 Å². The van der Waals surface area contributed by atoms with Crippen molar-refractivity contribution in [3.8, 4) is 5.75 Å². The second-order valence-corrected chi connectivity index (χ2v) is 6.66. The highest BCUT2D eigenvalue weighted by atomic mass is 16.5. The van der Waals surface area contributed by atoms with Crippen LogP contribution in [0.5, 0.6) is 5.75 Å². The summed E-state index contributed by atoms with van der Waals surface area (Å²) < 4.78 is 5.81. The molecule has 20 heavy (non-hydrogen) atoms. The molecule has 2 rings (SSSR count). The molecule has 0 fully saturated rings. The molecule has 0 aromatic heterocycles. The molecule has 0 amide bonds. The van der Waals surface area contributed by atoms with Gasteiger partial charge in [-0.2, -0.15) is 0 Å². The Morgan fingerprint density at radius 3 is 2.15 bits per heavy atom. The van der Waals surface area contributed by atoms with Gasteiger partial charge in [0.05, 0.1) is 0 Å². The summed E-state index contributed by atoms with van der Waals surface area (Å²) in [6.45, 7) is 9.50. The van der Waals surface area contributed by atoms with Gasteiger partial charge in [0.25, 0.3) is 0 Å². The highest BCUT2D eigenvalue weighted by Gasteiger charge is 2.10. The normalized spacial score (nSPS) is 11.4. The topological polar surface area (TPSA) is 9.23 Å². The van der Waals surface area contributed by atoms with Gasteiger partial charge in [-0.25, -0.2) is 0 Å². The fourth-order valence-electron chi connectivity index (χ4n) is 2.24. The first-order valence-corrected chi connectivity index (χ1v) is 7.20. The van der Waals surface area contributed by atoms with Crippen LogP contribution in [-0.2, 0) is 13.0 Å². The second kappa shape index (κ2) is 6.13. The molecule has 0 atom stereocenters. The number of aryl methyl sites for hydroxylation is 1. The van der Waals surface area contributed by atoms with Crippen LogP contribution in [0.3, 0.4) is 0 Å². The van der Waals surface area contributed by atoms with Gasteiger partial charge in [-0.1, -0.05) is 57.2 Å². The molecule has 0 aliphatic heterocycles. The van der Waals surface area contributed by atoms with Crippen molar-refractivity contribution in [1.82, 2.24) is 0 Å². The zero-order valence-electron chi connectivity index (χ0n) is 12.9. The Hall–Kier alpha value is -1.76. The molecule has 1 heteroatoms. The molecule has 1 nitrogen and oxygen atoms in total. The highest BCUT2D eigenvalue weighted by Crippen LogP contribution is 2.21. The molecule has 106 valence electrons. The van der Waals surface area contributed by atoms with Crippen molar-refractivity contribution in [1.29, 1.82) is 0 Å². The monoisotopic (exact) mass is 268 g/mol. The van der Waals surface area contributed by atoms with Gasteiger partial charge in [0.2, 0.25) is 0 Å². The molecule has 0 bridgehead atoms. The van der Waals surface area contributed by atoms with Crippen molar-refractivity contribution in [3.63, 3.8) is 0 Å². The maximum atomic E-state index is 5.81. The minimum Gasteiger partial charge on any atom is -0.489 e. The second-order valence-electron chi connectivity index (χ2n) is 6.66. The lowest BCUT2D eigenvalue weighted by atomic mass is 9.88. The van der Waals surface area contributed by atoms with Crippen molar-refractivity contribution in [2.24, 2.45) is 5.41 Å². The third-order valence-electron chi connectivity index (χ3n) is 3.15. The first kappa shape index (κ1) is 14.6. The van der Waals surface area contributed by atoms with Gasteiger partial charge < -0.3 is 4.74 Å². The summed E-state index contributed by atoms with van der Waals surface area (Å²) in [7, 11) is 0. The van der Waals surface area contributed by atoms with Crippen LogP contribution < -0.4 is 4.74 Å². The van der Waals surface area contributed by atoms with Crippen molar-refractivity contribution >= 4 is 0 Å². The lowest BCUT2D eigenvalue weighted by molar-refractivity contribution is 0.306. The maximum Gasteiger partial charge on any atom is 0.120 e. The van der Waals surface area contributed by atoms with Gasteiger partial charge in [-0.05, 0) is 47.6 Å². The van der Waals surface area contributed by atoms with E-state index in [9.17, 15) is 0 Å². The molecule has 2 aromatic rings. The van der Waals surface area contributed by atoms with Gasteiger partial charge >= 0.3 is 0 Å². The Morgan fingerprint density at radius 2 is 1.55 bits per heavy atom. The van der Waals surface area contributed by atoms with E-state index < -0.39 is 0 Å². The maximum absolute atomic E-state index is 5.81. The molecule has 0 heterocycles. The van der Waals surface area contributed by atoms with Crippen LogP contribution in [0.1, 0.15) is 37.5 Å². The van der Waals surface area contributed by atoms with Gasteiger partial charge in [0, 0.05) is 0 Å². The third-order valence-corrected chi connectivity index (χ3v) is 3.15. The molecule has 0 spiro atoms. The fraction of sp³-hybridized carbons (Fsp3) is 0.368. The molecular formula is C19H24O. The zero-order valence-corrected chi connectivity index (χ0v) is 12.9. The largest absolute Gasteiger partial charge is 0.489 e. The number of benzene rings is 2. The number of hydrogen-bond donors (Lipinski definition) is 0. The van der Waals surface area contributed by atoms with Crippen LogP contribution in [-0.4, -0.2) is 0 Å². The van der Waals surface area contributed by atoms with Crippen molar-refractivity contribution in [2.45, 2.75) is 40.7 Å². The molecule has 0 radical (unpaired) electrons. The number of hydrogen-bond acceptors (Lipinski definition) is 1. The fourth-order valence-corrected chi connectivity index (χ4v) is 2.24. The van der Waals surface area contributed by atoms with E-state index in [2.05, 4.69) is 64.1 Å². The first-order chi connectivity index (χ1) is 9.42. The Bertz CT molecular complexity index is 547. The average molecular weight is 268 g/mol. The van der Waals surface area contributed by atoms with Gasteiger partial charge in [0.1, 0.15) is 12.4 Å². The van der Waals surface area contributed by atoms with Crippen LogP contribution in [0.25, 0.3) is 0 Å². The van der Waals surface area contributed by atoms with Crippen LogP contribution in [0.15, 0.2) is 48.5 Å². The van der Waals surface area contributed by atoms with E-state index in [4.69, 9.17) is 4.74 Å². The first-order valence-electron chi connectivity index (χ1n) is 7.20. The summed E-state index contributed by atoms with van der Waals surface area (Å²) in [4.78, 5) is 0. The summed E-state index contributed by atoms with van der Waals surface area (Å²) in [5.41, 5.74) is 4.16. The summed E-state index contributed by atoms with van der Waals surface area (Å²) in [5.74, 6) is 0.934. The molecule has 0 saturated heterocycles. The Labute approximate surface area is 122 Å². The highest BCUT2D eigenvalue weighted by molar-refractivity contribution is 5.28. The van der Waals surface area contributed by atoms with Gasteiger partial charge in [-0.3, -0.25) is 0 Å². The van der Waals surface area contributed by atoms with Gasteiger partial charge in [0.15, 0.2) is 0 Å². The van der Waals surface area contributed by atoms with Crippen molar-refractivity contribution in [2.75, 3.05) is 0 Å². The van der Waals surface area contributed by atoms with Crippen molar-refractivity contribution < 1.29 is 4.74 Å². The minimum absolute atomic E-state index is 0.333. The van der Waals surface area contributed by atoms with Gasteiger partial charge in [-0.15, -0.1) is 0 Å². The Kier molecular flexibility index (Phi) is 4.49. The smallest absolute Gasteiger partial charge is 0.120 e. The summed E-state index contributed by atoms with van der Waals surface area (Å²) >= 11 is 0. The van der Waals surface area contributed by atoms with E-state index in [1.807, 2.05) is 12.1 Å². The van der Waals surface area contributed by atoms with E-state index in [-0.39, 0.29) is 0 Å². The lowest BCUT2D eigenvalue weighted by Gasteiger charge is -2.18. The van der Waals surface area contributed by atoms with Crippen molar-refractivity contribution in [3.05, 3.63) is 65.2 Å². The van der Waals surface area contributed by atoms with Crippen LogP contribution in [0, 0.1) is 12.3 Å². The van der Waals surface area contributed by atoms with E-state index in [1.54, 1.807) is 0 Å². The SMILES string of the molecule is Cc1cccc(OCc2ccc(CC(C)(C)C)cc2)c1. The molecule has 0 unspecified atom stereocenters. The van der Waals surface area contributed by atoms with E-state index in [0.29, 0.717) is 12.0 Å². The van der Waals surface area contributed by atoms with E-state index in [0.717, 1.165) is 12.2 Å². The molecule has 0 N–H and O–H groups in total. The molecule has 2 aromatic carbocycles. The Balaban J connectivity index is 1.94. The predicted molar refractivity (Wildman–Crippen MR) is 85.1 cm³/mol.